The summed E-state index contributed by atoms with van der Waals surface area (Å²) < 4.78 is 0. The Morgan fingerprint density at radius 2 is 1.71 bits per heavy atom. The van der Waals surface area contributed by atoms with Crippen LogP contribution in [0, 0.1) is 18.3 Å². The molecule has 0 saturated carbocycles. The summed E-state index contributed by atoms with van der Waals surface area (Å²) >= 11 is 0. The van der Waals surface area contributed by atoms with Crippen LogP contribution in [0.3, 0.4) is 0 Å². The molecule has 0 bridgehead atoms. The topological polar surface area (TPSA) is 27.0 Å². The Balaban J connectivity index is 2.22. The van der Waals surface area contributed by atoms with Crippen LogP contribution in [0.4, 0.5) is 5.69 Å². The highest BCUT2D eigenvalue weighted by Gasteiger charge is 2.12. The molecule has 1 aliphatic heterocycles. The molecule has 2 heteroatoms. The van der Waals surface area contributed by atoms with Crippen LogP contribution in [0.2, 0.25) is 0 Å². The van der Waals surface area contributed by atoms with Crippen molar-refractivity contribution >= 4 is 5.69 Å². The van der Waals surface area contributed by atoms with Gasteiger partial charge in [-0.3, -0.25) is 0 Å². The molecule has 1 saturated heterocycles. The molecular weight excluding hydrogens is 208 g/mol. The highest BCUT2D eigenvalue weighted by atomic mass is 15.1. The van der Waals surface area contributed by atoms with Crippen molar-refractivity contribution < 1.29 is 0 Å². The van der Waals surface area contributed by atoms with Gasteiger partial charge >= 0.3 is 0 Å². The standard InChI is InChI=1S/C15H20N2/c1-13-7-8-15(14(11-13)12-16)17-9-5-3-2-4-6-10-17/h7-8,11H,2-6,9-10H2,1H3. The Kier molecular flexibility index (Phi) is 4.03. The molecule has 1 heterocycles. The SMILES string of the molecule is Cc1ccc(N2CCCCCCC2)c(C#N)c1. The lowest BCUT2D eigenvalue weighted by Gasteiger charge is -2.27. The molecule has 17 heavy (non-hydrogen) atoms. The van der Waals surface area contributed by atoms with E-state index >= 15 is 0 Å². The van der Waals surface area contributed by atoms with Gasteiger partial charge in [0.2, 0.25) is 0 Å². The molecule has 0 aromatic heterocycles. The molecule has 0 atom stereocenters. The van der Waals surface area contributed by atoms with E-state index in [4.69, 9.17) is 0 Å². The van der Waals surface area contributed by atoms with Crippen molar-refractivity contribution in [2.45, 2.75) is 39.0 Å². The Hall–Kier alpha value is -1.49. The Bertz CT molecular complexity index is 409. The van der Waals surface area contributed by atoms with Gasteiger partial charge < -0.3 is 4.90 Å². The first-order valence-electron chi connectivity index (χ1n) is 6.57. The van der Waals surface area contributed by atoms with Gasteiger partial charge in [-0.2, -0.15) is 5.26 Å². The van der Waals surface area contributed by atoms with Crippen LogP contribution in [0.5, 0.6) is 0 Å². The predicted molar refractivity (Wildman–Crippen MR) is 71.2 cm³/mol. The molecule has 1 aromatic carbocycles. The number of rotatable bonds is 1. The first kappa shape index (κ1) is 12.0. The van der Waals surface area contributed by atoms with Crippen LogP contribution in [-0.4, -0.2) is 13.1 Å². The highest BCUT2D eigenvalue weighted by Crippen LogP contribution is 2.24. The third-order valence-electron chi connectivity index (χ3n) is 3.47. The van der Waals surface area contributed by atoms with E-state index in [2.05, 4.69) is 23.1 Å². The Morgan fingerprint density at radius 3 is 2.35 bits per heavy atom. The molecule has 0 unspecified atom stereocenters. The van der Waals surface area contributed by atoms with Gasteiger partial charge in [0.25, 0.3) is 0 Å². The molecule has 0 N–H and O–H groups in total. The van der Waals surface area contributed by atoms with E-state index in [1.54, 1.807) is 0 Å². The lowest BCUT2D eigenvalue weighted by Crippen LogP contribution is -2.27. The fourth-order valence-electron chi connectivity index (χ4n) is 2.50. The second-order valence-electron chi connectivity index (χ2n) is 4.89. The van der Waals surface area contributed by atoms with Crippen molar-refractivity contribution in [3.8, 4) is 6.07 Å². The summed E-state index contributed by atoms with van der Waals surface area (Å²) in [5, 5.41) is 9.22. The normalized spacial score (nSPS) is 17.1. The predicted octanol–water partition coefficient (Wildman–Crippen LogP) is 3.64. The average Bonchev–Trinajstić information content (AvgIpc) is 2.29. The van der Waals surface area contributed by atoms with Crippen LogP contribution in [0.15, 0.2) is 18.2 Å². The minimum atomic E-state index is 0.825. The van der Waals surface area contributed by atoms with E-state index in [9.17, 15) is 5.26 Å². The number of benzene rings is 1. The minimum Gasteiger partial charge on any atom is -0.370 e. The Labute approximate surface area is 104 Å². The fourth-order valence-corrected chi connectivity index (χ4v) is 2.50. The maximum Gasteiger partial charge on any atom is 0.101 e. The van der Waals surface area contributed by atoms with E-state index in [0.29, 0.717) is 0 Å². The number of anilines is 1. The van der Waals surface area contributed by atoms with E-state index in [1.807, 2.05) is 13.0 Å². The number of aryl methyl sites for hydroxylation is 1. The van der Waals surface area contributed by atoms with E-state index < -0.39 is 0 Å². The maximum atomic E-state index is 9.22. The molecule has 1 aliphatic rings. The van der Waals surface area contributed by atoms with Gasteiger partial charge in [-0.1, -0.05) is 25.3 Å². The van der Waals surface area contributed by atoms with E-state index in [-0.39, 0.29) is 0 Å². The van der Waals surface area contributed by atoms with Gasteiger partial charge in [0, 0.05) is 13.1 Å². The van der Waals surface area contributed by atoms with Crippen molar-refractivity contribution in [1.29, 1.82) is 5.26 Å². The summed E-state index contributed by atoms with van der Waals surface area (Å²) in [5.41, 5.74) is 3.11. The zero-order chi connectivity index (χ0) is 12.1. The summed E-state index contributed by atoms with van der Waals surface area (Å²) in [6.07, 6.45) is 6.51. The Morgan fingerprint density at radius 1 is 1.06 bits per heavy atom. The second kappa shape index (κ2) is 5.72. The molecule has 1 aromatic rings. The number of hydrogen-bond acceptors (Lipinski definition) is 2. The fraction of sp³-hybridized carbons (Fsp3) is 0.533. The molecule has 0 spiro atoms. The highest BCUT2D eigenvalue weighted by molar-refractivity contribution is 5.60. The smallest absolute Gasteiger partial charge is 0.101 e. The van der Waals surface area contributed by atoms with Crippen molar-refractivity contribution in [2.24, 2.45) is 0 Å². The molecule has 2 rings (SSSR count). The average molecular weight is 228 g/mol. The second-order valence-corrected chi connectivity index (χ2v) is 4.89. The quantitative estimate of drug-likeness (QED) is 0.733. The molecular formula is C15H20N2. The third kappa shape index (κ3) is 3.00. The summed E-state index contributed by atoms with van der Waals surface area (Å²) in [6.45, 7) is 4.23. The van der Waals surface area contributed by atoms with Gasteiger partial charge in [-0.05, 0) is 37.5 Å². The van der Waals surface area contributed by atoms with Gasteiger partial charge in [-0.25, -0.2) is 0 Å². The van der Waals surface area contributed by atoms with Gasteiger partial charge in [-0.15, -0.1) is 0 Å². The summed E-state index contributed by atoms with van der Waals surface area (Å²) in [7, 11) is 0. The van der Waals surface area contributed by atoms with Crippen molar-refractivity contribution in [1.82, 2.24) is 0 Å². The molecule has 0 amide bonds. The largest absolute Gasteiger partial charge is 0.370 e. The number of hydrogen-bond donors (Lipinski definition) is 0. The lowest BCUT2D eigenvalue weighted by molar-refractivity contribution is 0.556. The van der Waals surface area contributed by atoms with E-state index in [1.165, 1.54) is 32.1 Å². The van der Waals surface area contributed by atoms with Gasteiger partial charge in [0.05, 0.1) is 11.3 Å². The van der Waals surface area contributed by atoms with Crippen molar-refractivity contribution in [2.75, 3.05) is 18.0 Å². The first-order valence-corrected chi connectivity index (χ1v) is 6.57. The van der Waals surface area contributed by atoms with Crippen molar-refractivity contribution in [3.05, 3.63) is 29.3 Å². The zero-order valence-corrected chi connectivity index (χ0v) is 10.6. The summed E-state index contributed by atoms with van der Waals surface area (Å²) in [5.74, 6) is 0. The third-order valence-corrected chi connectivity index (χ3v) is 3.47. The van der Waals surface area contributed by atoms with Crippen LogP contribution in [-0.2, 0) is 0 Å². The van der Waals surface area contributed by atoms with Gasteiger partial charge in [0.1, 0.15) is 6.07 Å². The first-order chi connectivity index (χ1) is 8.31. The van der Waals surface area contributed by atoms with Crippen molar-refractivity contribution in [3.63, 3.8) is 0 Å². The molecule has 0 radical (unpaired) electrons. The summed E-state index contributed by atoms with van der Waals surface area (Å²) in [4.78, 5) is 2.39. The maximum absolute atomic E-state index is 9.22. The molecule has 90 valence electrons. The van der Waals surface area contributed by atoms with Crippen LogP contribution < -0.4 is 4.90 Å². The minimum absolute atomic E-state index is 0.825. The van der Waals surface area contributed by atoms with Crippen LogP contribution in [0.1, 0.15) is 43.2 Å². The van der Waals surface area contributed by atoms with E-state index in [0.717, 1.165) is 29.9 Å². The van der Waals surface area contributed by atoms with Crippen LogP contribution >= 0.6 is 0 Å². The van der Waals surface area contributed by atoms with Gasteiger partial charge in [0.15, 0.2) is 0 Å². The number of nitriles is 1. The van der Waals surface area contributed by atoms with Crippen LogP contribution in [0.25, 0.3) is 0 Å². The molecule has 2 nitrogen and oxygen atoms in total. The molecule has 1 fully saturated rings. The monoisotopic (exact) mass is 228 g/mol. The summed E-state index contributed by atoms with van der Waals surface area (Å²) in [6, 6.07) is 8.53. The lowest BCUT2D eigenvalue weighted by atomic mass is 10.1. The molecule has 0 aliphatic carbocycles. The number of nitrogens with zero attached hydrogens (tertiary/aromatic N) is 2. The zero-order valence-electron chi connectivity index (χ0n) is 10.6.